The van der Waals surface area contributed by atoms with Gasteiger partial charge in [0.1, 0.15) is 11.6 Å². The number of rotatable bonds is 7. The topological polar surface area (TPSA) is 72.5 Å². The van der Waals surface area contributed by atoms with Crippen LogP contribution in [0.4, 0.5) is 17.6 Å². The number of likely N-dealkylation sites (tertiary alicyclic amines) is 2. The highest BCUT2D eigenvalue weighted by molar-refractivity contribution is 7.18. The SMILES string of the molecule is Fc1ccc2nc(-c3ccc(-c4ccc(CN5CCC(CCN6CCCCC6)CC5)cc4)s3)[nH]c2c1.O=C(O)C(F)(F)F. The zero-order valence-electron chi connectivity index (χ0n) is 23.9. The predicted octanol–water partition coefficient (Wildman–Crippen LogP) is 7.82. The maximum atomic E-state index is 13.5. The normalized spacial score (nSPS) is 17.1. The molecule has 2 aromatic carbocycles. The minimum absolute atomic E-state index is 0.248. The molecule has 230 valence electrons. The number of nitrogens with one attached hydrogen (secondary N) is 1. The molecule has 0 atom stereocenters. The first kappa shape index (κ1) is 31.2. The number of carboxylic acid groups (broad SMARTS) is 1. The van der Waals surface area contributed by atoms with Crippen molar-refractivity contribution in [1.29, 1.82) is 0 Å². The van der Waals surface area contributed by atoms with Crippen LogP contribution in [0.3, 0.4) is 0 Å². The van der Waals surface area contributed by atoms with Crippen LogP contribution in [0.5, 0.6) is 0 Å². The quantitative estimate of drug-likeness (QED) is 0.207. The Morgan fingerprint density at radius 1 is 0.930 bits per heavy atom. The number of benzene rings is 2. The molecule has 0 spiro atoms. The number of piperidine rings is 2. The number of imidazole rings is 1. The van der Waals surface area contributed by atoms with Crippen LogP contribution in [0, 0.1) is 11.7 Å². The summed E-state index contributed by atoms with van der Waals surface area (Å²) < 4.78 is 45.3. The van der Waals surface area contributed by atoms with E-state index < -0.39 is 12.1 Å². The number of H-pyrrole nitrogens is 1. The van der Waals surface area contributed by atoms with Crippen LogP contribution < -0.4 is 0 Å². The van der Waals surface area contributed by atoms with Crippen LogP contribution >= 0.6 is 11.3 Å². The number of carboxylic acids is 1. The number of fused-ring (bicyclic) bond motifs is 1. The summed E-state index contributed by atoms with van der Waals surface area (Å²) in [4.78, 5) is 24.4. The first-order valence-corrected chi connectivity index (χ1v) is 15.6. The Labute approximate surface area is 252 Å². The van der Waals surface area contributed by atoms with E-state index in [9.17, 15) is 17.6 Å². The summed E-state index contributed by atoms with van der Waals surface area (Å²) >= 11 is 1.71. The Morgan fingerprint density at radius 2 is 1.60 bits per heavy atom. The van der Waals surface area contributed by atoms with Crippen LogP contribution in [0.15, 0.2) is 54.6 Å². The molecule has 4 aromatic rings. The van der Waals surface area contributed by atoms with E-state index in [1.54, 1.807) is 17.4 Å². The van der Waals surface area contributed by atoms with Crippen LogP contribution in [0.1, 0.15) is 44.1 Å². The Morgan fingerprint density at radius 3 is 2.28 bits per heavy atom. The van der Waals surface area contributed by atoms with Crippen molar-refractivity contribution in [1.82, 2.24) is 19.8 Å². The fourth-order valence-corrected chi connectivity index (χ4v) is 6.69. The summed E-state index contributed by atoms with van der Waals surface area (Å²) in [6.45, 7) is 7.45. The molecule has 2 aromatic heterocycles. The zero-order chi connectivity index (χ0) is 30.4. The highest BCUT2D eigenvalue weighted by Crippen LogP contribution is 2.34. The summed E-state index contributed by atoms with van der Waals surface area (Å²) in [6, 6.07) is 18.0. The van der Waals surface area contributed by atoms with Crippen LogP contribution in [-0.4, -0.2) is 69.7 Å². The third-order valence-electron chi connectivity index (χ3n) is 8.18. The molecule has 0 aliphatic carbocycles. The van der Waals surface area contributed by atoms with Gasteiger partial charge in [-0.3, -0.25) is 4.90 Å². The maximum Gasteiger partial charge on any atom is 0.490 e. The van der Waals surface area contributed by atoms with Crippen molar-refractivity contribution in [2.45, 2.75) is 51.2 Å². The summed E-state index contributed by atoms with van der Waals surface area (Å²) in [5.41, 5.74) is 4.14. The smallest absolute Gasteiger partial charge is 0.475 e. The first-order chi connectivity index (χ1) is 20.6. The van der Waals surface area contributed by atoms with Crippen molar-refractivity contribution in [3.63, 3.8) is 0 Å². The fourth-order valence-electron chi connectivity index (χ4n) is 5.73. The molecule has 0 radical (unpaired) electrons. The molecule has 43 heavy (non-hydrogen) atoms. The van der Waals surface area contributed by atoms with E-state index in [4.69, 9.17) is 9.90 Å². The highest BCUT2D eigenvalue weighted by atomic mass is 32.1. The lowest BCUT2D eigenvalue weighted by Gasteiger charge is -2.34. The number of aromatic nitrogens is 2. The second-order valence-corrected chi connectivity index (χ2v) is 12.4. The molecule has 0 saturated carbocycles. The van der Waals surface area contributed by atoms with Crippen molar-refractivity contribution in [3.05, 3.63) is 66.0 Å². The van der Waals surface area contributed by atoms with E-state index >= 15 is 0 Å². The van der Waals surface area contributed by atoms with Gasteiger partial charge in [0, 0.05) is 11.4 Å². The molecule has 0 bridgehead atoms. The molecule has 4 heterocycles. The Bertz CT molecular complexity index is 1490. The van der Waals surface area contributed by atoms with E-state index in [-0.39, 0.29) is 5.82 Å². The number of hydrogen-bond acceptors (Lipinski definition) is 5. The van der Waals surface area contributed by atoms with Gasteiger partial charge in [0.15, 0.2) is 0 Å². The van der Waals surface area contributed by atoms with Crippen molar-refractivity contribution >= 4 is 28.3 Å². The van der Waals surface area contributed by atoms with Crippen LogP contribution in [0.2, 0.25) is 0 Å². The van der Waals surface area contributed by atoms with Crippen LogP contribution in [-0.2, 0) is 11.3 Å². The van der Waals surface area contributed by atoms with Crippen molar-refractivity contribution in [3.8, 4) is 21.1 Å². The van der Waals surface area contributed by atoms with Crippen molar-refractivity contribution in [2.24, 2.45) is 5.92 Å². The largest absolute Gasteiger partial charge is 0.490 e. The van der Waals surface area contributed by atoms with Crippen LogP contribution in [0.25, 0.3) is 32.2 Å². The molecule has 6 rings (SSSR count). The number of aromatic amines is 1. The highest BCUT2D eigenvalue weighted by Gasteiger charge is 2.38. The number of halogens is 4. The third-order valence-corrected chi connectivity index (χ3v) is 9.32. The monoisotopic (exact) mass is 616 g/mol. The number of carbonyl (C=O) groups is 1. The van der Waals surface area contributed by atoms with E-state index in [0.29, 0.717) is 0 Å². The van der Waals surface area contributed by atoms with Gasteiger partial charge in [-0.15, -0.1) is 11.3 Å². The molecule has 0 amide bonds. The van der Waals surface area contributed by atoms with Gasteiger partial charge in [-0.05, 0) is 112 Å². The minimum Gasteiger partial charge on any atom is -0.475 e. The van der Waals surface area contributed by atoms with E-state index in [1.165, 1.54) is 99.4 Å². The summed E-state index contributed by atoms with van der Waals surface area (Å²) in [6.07, 6.45) is 3.21. The van der Waals surface area contributed by atoms with Crippen molar-refractivity contribution < 1.29 is 27.5 Å². The van der Waals surface area contributed by atoms with E-state index in [1.807, 2.05) is 0 Å². The lowest BCUT2D eigenvalue weighted by Crippen LogP contribution is -2.36. The van der Waals surface area contributed by atoms with Gasteiger partial charge in [0.25, 0.3) is 0 Å². The number of alkyl halides is 3. The summed E-state index contributed by atoms with van der Waals surface area (Å²) in [5.74, 6) is -1.30. The average molecular weight is 617 g/mol. The van der Waals surface area contributed by atoms with Gasteiger partial charge >= 0.3 is 12.1 Å². The average Bonchev–Trinajstić information content (AvgIpc) is 3.65. The van der Waals surface area contributed by atoms with Gasteiger partial charge in [0.2, 0.25) is 0 Å². The Balaban J connectivity index is 0.000000472. The van der Waals surface area contributed by atoms with Gasteiger partial charge < -0.3 is 15.0 Å². The minimum atomic E-state index is -5.08. The standard InChI is InChI=1S/C30H35FN4S.C2HF3O2/c31-25-8-9-26-27(20-25)33-30(32-26)29-11-10-28(36-29)24-6-4-23(5-7-24)21-35-18-13-22(14-19-35)12-17-34-15-2-1-3-16-34;3-2(4,5)1(6)7/h4-11,20,22H,1-3,12-19,21H2,(H,32,33);(H,6,7). The lowest BCUT2D eigenvalue weighted by atomic mass is 9.92. The van der Waals surface area contributed by atoms with Gasteiger partial charge in [0.05, 0.1) is 15.9 Å². The Kier molecular flexibility index (Phi) is 10.1. The fraction of sp³-hybridized carbons (Fsp3) is 0.438. The molecule has 2 saturated heterocycles. The zero-order valence-corrected chi connectivity index (χ0v) is 24.7. The lowest BCUT2D eigenvalue weighted by molar-refractivity contribution is -0.192. The molecule has 2 fully saturated rings. The Hall–Kier alpha value is -3.28. The molecule has 11 heteroatoms. The van der Waals surface area contributed by atoms with E-state index in [0.717, 1.165) is 34.2 Å². The number of hydrogen-bond donors (Lipinski definition) is 2. The van der Waals surface area contributed by atoms with Crippen molar-refractivity contribution in [2.75, 3.05) is 32.7 Å². The predicted molar refractivity (Wildman–Crippen MR) is 161 cm³/mol. The summed E-state index contributed by atoms with van der Waals surface area (Å²) in [5, 5.41) is 7.12. The molecular weight excluding hydrogens is 580 g/mol. The van der Waals surface area contributed by atoms with Gasteiger partial charge in [-0.25, -0.2) is 14.2 Å². The van der Waals surface area contributed by atoms with Gasteiger partial charge in [-0.2, -0.15) is 13.2 Å². The second-order valence-electron chi connectivity index (χ2n) is 11.3. The third kappa shape index (κ3) is 8.64. The molecule has 2 aliphatic heterocycles. The molecule has 0 unspecified atom stereocenters. The molecular formula is C32H36F4N4O2S. The van der Waals surface area contributed by atoms with Gasteiger partial charge in [-0.1, -0.05) is 30.7 Å². The first-order valence-electron chi connectivity index (χ1n) is 14.7. The number of aliphatic carboxylic acids is 1. The maximum absolute atomic E-state index is 13.5. The number of thiophene rings is 1. The molecule has 2 N–H and O–H groups in total. The molecule has 2 aliphatic rings. The summed E-state index contributed by atoms with van der Waals surface area (Å²) in [7, 11) is 0. The second kappa shape index (κ2) is 14.0. The van der Waals surface area contributed by atoms with E-state index in [2.05, 4.69) is 56.2 Å². The molecule has 6 nitrogen and oxygen atoms in total. The number of nitrogens with zero attached hydrogens (tertiary/aromatic N) is 3.